The summed E-state index contributed by atoms with van der Waals surface area (Å²) >= 11 is 5.13. The Balaban J connectivity index is 2.14. The maximum Gasteiger partial charge on any atom is 0.239 e. The zero-order valence-corrected chi connectivity index (χ0v) is 12.8. The molecule has 2 N–H and O–H groups in total. The van der Waals surface area contributed by atoms with Gasteiger partial charge in [0.2, 0.25) is 5.91 Å². The second kappa shape index (κ2) is 5.97. The smallest absolute Gasteiger partial charge is 0.239 e. The van der Waals surface area contributed by atoms with E-state index in [1.54, 1.807) is 23.7 Å². The molecule has 1 heterocycles. The maximum atomic E-state index is 12.4. The highest BCUT2D eigenvalue weighted by atomic mass is 79.9. The van der Waals surface area contributed by atoms with Crippen LogP contribution < -0.4 is 10.6 Å². The van der Waals surface area contributed by atoms with E-state index >= 15 is 0 Å². The Morgan fingerprint density at radius 1 is 1.50 bits per heavy atom. The van der Waals surface area contributed by atoms with Gasteiger partial charge in [-0.2, -0.15) is 0 Å². The van der Waals surface area contributed by atoms with Crippen molar-refractivity contribution in [3.63, 3.8) is 0 Å². The van der Waals surface area contributed by atoms with Crippen molar-refractivity contribution in [2.45, 2.75) is 24.5 Å². The van der Waals surface area contributed by atoms with Crippen LogP contribution in [0.15, 0.2) is 22.7 Å². The van der Waals surface area contributed by atoms with Crippen LogP contribution in [0, 0.1) is 0 Å². The van der Waals surface area contributed by atoms with E-state index in [1.807, 2.05) is 18.2 Å². The van der Waals surface area contributed by atoms with E-state index in [0.29, 0.717) is 5.69 Å². The van der Waals surface area contributed by atoms with E-state index in [4.69, 9.17) is 5.73 Å². The molecule has 1 saturated heterocycles. The van der Waals surface area contributed by atoms with Gasteiger partial charge in [0.25, 0.3) is 0 Å². The predicted octanol–water partition coefficient (Wildman–Crippen LogP) is 3.28. The Bertz CT molecular complexity index is 447. The van der Waals surface area contributed by atoms with E-state index in [-0.39, 0.29) is 11.2 Å². The van der Waals surface area contributed by atoms with Gasteiger partial charge < -0.3 is 10.6 Å². The quantitative estimate of drug-likeness (QED) is 0.847. The topological polar surface area (TPSA) is 46.3 Å². The summed E-state index contributed by atoms with van der Waals surface area (Å²) in [7, 11) is 1.80. The minimum absolute atomic E-state index is 0.0896. The van der Waals surface area contributed by atoms with Gasteiger partial charge in [0.05, 0.1) is 16.6 Å². The molecule has 1 aromatic rings. The molecule has 1 aliphatic rings. The van der Waals surface area contributed by atoms with Gasteiger partial charge >= 0.3 is 0 Å². The summed E-state index contributed by atoms with van der Waals surface area (Å²) in [6.07, 6.45) is 3.34. The van der Waals surface area contributed by atoms with E-state index in [9.17, 15) is 4.79 Å². The third kappa shape index (κ3) is 3.01. The molecule has 0 spiro atoms. The van der Waals surface area contributed by atoms with Crippen LogP contribution >= 0.6 is 27.7 Å². The first-order valence-corrected chi connectivity index (χ1v) is 7.88. The molecule has 0 saturated carbocycles. The number of hydrogen-bond acceptors (Lipinski definition) is 3. The average Bonchev–Trinajstić information content (AvgIpc) is 2.38. The molecule has 0 aliphatic carbocycles. The van der Waals surface area contributed by atoms with E-state index in [1.165, 1.54) is 6.42 Å². The van der Waals surface area contributed by atoms with Crippen LogP contribution in [0.25, 0.3) is 0 Å². The van der Waals surface area contributed by atoms with Crippen LogP contribution in [0.5, 0.6) is 0 Å². The zero-order valence-electron chi connectivity index (χ0n) is 10.4. The molecule has 1 unspecified atom stereocenters. The molecule has 18 heavy (non-hydrogen) atoms. The second-order valence-electron chi connectivity index (χ2n) is 4.46. The molecule has 1 fully saturated rings. The second-order valence-corrected chi connectivity index (χ2v) is 6.68. The highest BCUT2D eigenvalue weighted by molar-refractivity contribution is 9.10. The largest absolute Gasteiger partial charge is 0.397 e. The number of halogens is 1. The first-order chi connectivity index (χ1) is 8.59. The Hall–Kier alpha value is -0.680. The normalized spacial score (nSPS) is 19.6. The molecule has 0 aromatic heterocycles. The number of anilines is 2. The van der Waals surface area contributed by atoms with E-state index in [0.717, 1.165) is 28.8 Å². The highest BCUT2D eigenvalue weighted by Gasteiger charge is 2.26. The minimum Gasteiger partial charge on any atom is -0.397 e. The zero-order chi connectivity index (χ0) is 13.1. The monoisotopic (exact) mass is 328 g/mol. The van der Waals surface area contributed by atoms with Crippen LogP contribution in [-0.4, -0.2) is 24.0 Å². The summed E-state index contributed by atoms with van der Waals surface area (Å²) in [5.74, 6) is 1.24. The van der Waals surface area contributed by atoms with Crippen molar-refractivity contribution in [1.82, 2.24) is 0 Å². The number of hydrogen-bond donors (Lipinski definition) is 1. The summed E-state index contributed by atoms with van der Waals surface area (Å²) in [5, 5.41) is 0.0896. The SMILES string of the molecule is CN(C(=O)C1CCCCS1)c1ccc(Br)cc1N. The fourth-order valence-electron chi connectivity index (χ4n) is 2.10. The van der Waals surface area contributed by atoms with E-state index < -0.39 is 0 Å². The van der Waals surface area contributed by atoms with Gasteiger partial charge in [-0.05, 0) is 36.8 Å². The number of rotatable bonds is 2. The maximum absolute atomic E-state index is 12.4. The van der Waals surface area contributed by atoms with Crippen molar-refractivity contribution in [3.8, 4) is 0 Å². The third-order valence-electron chi connectivity index (χ3n) is 3.14. The molecule has 5 heteroatoms. The lowest BCUT2D eigenvalue weighted by Gasteiger charge is -2.26. The number of amides is 1. The van der Waals surface area contributed by atoms with Gasteiger partial charge in [0.15, 0.2) is 0 Å². The van der Waals surface area contributed by atoms with Crippen LogP contribution in [0.2, 0.25) is 0 Å². The van der Waals surface area contributed by atoms with Crippen molar-refractivity contribution >= 4 is 45.0 Å². The molecule has 3 nitrogen and oxygen atoms in total. The minimum atomic E-state index is 0.0896. The fourth-order valence-corrected chi connectivity index (χ4v) is 3.77. The number of carbonyl (C=O) groups excluding carboxylic acids is 1. The Labute approximate surface area is 120 Å². The molecular weight excluding hydrogens is 312 g/mol. The summed E-state index contributed by atoms with van der Waals surface area (Å²) in [6, 6.07) is 5.61. The van der Waals surface area contributed by atoms with Crippen molar-refractivity contribution < 1.29 is 4.79 Å². The molecule has 1 amide bonds. The Morgan fingerprint density at radius 2 is 2.28 bits per heavy atom. The van der Waals surface area contributed by atoms with Gasteiger partial charge in [-0.25, -0.2) is 0 Å². The molecule has 98 valence electrons. The lowest BCUT2D eigenvalue weighted by atomic mass is 10.1. The summed E-state index contributed by atoms with van der Waals surface area (Å²) in [6.45, 7) is 0. The van der Waals surface area contributed by atoms with Gasteiger partial charge in [-0.15, -0.1) is 11.8 Å². The number of thioether (sulfide) groups is 1. The van der Waals surface area contributed by atoms with Crippen LogP contribution in [0.1, 0.15) is 19.3 Å². The van der Waals surface area contributed by atoms with Gasteiger partial charge in [0, 0.05) is 11.5 Å². The molecule has 2 rings (SSSR count). The first kappa shape index (κ1) is 13.7. The fraction of sp³-hybridized carbons (Fsp3) is 0.462. The molecule has 1 aliphatic heterocycles. The van der Waals surface area contributed by atoms with Crippen molar-refractivity contribution in [2.75, 3.05) is 23.4 Å². The third-order valence-corrected chi connectivity index (χ3v) is 4.99. The number of carbonyl (C=O) groups is 1. The molecular formula is C13H17BrN2OS. The van der Waals surface area contributed by atoms with Crippen LogP contribution in [0.4, 0.5) is 11.4 Å². The lowest BCUT2D eigenvalue weighted by Crippen LogP contribution is -2.36. The summed E-state index contributed by atoms with van der Waals surface area (Å²) < 4.78 is 0.927. The number of benzene rings is 1. The summed E-state index contributed by atoms with van der Waals surface area (Å²) in [5.41, 5.74) is 7.37. The van der Waals surface area contributed by atoms with Crippen molar-refractivity contribution in [2.24, 2.45) is 0 Å². The average molecular weight is 329 g/mol. The first-order valence-electron chi connectivity index (χ1n) is 6.04. The summed E-state index contributed by atoms with van der Waals surface area (Å²) in [4.78, 5) is 14.1. The van der Waals surface area contributed by atoms with Crippen LogP contribution in [0.3, 0.4) is 0 Å². The van der Waals surface area contributed by atoms with E-state index in [2.05, 4.69) is 15.9 Å². The van der Waals surface area contributed by atoms with Crippen LogP contribution in [-0.2, 0) is 4.79 Å². The van der Waals surface area contributed by atoms with Gasteiger partial charge in [-0.3, -0.25) is 4.79 Å². The number of nitrogens with two attached hydrogens (primary N) is 1. The van der Waals surface area contributed by atoms with Crippen molar-refractivity contribution in [3.05, 3.63) is 22.7 Å². The molecule has 1 aromatic carbocycles. The highest BCUT2D eigenvalue weighted by Crippen LogP contribution is 2.31. The predicted molar refractivity (Wildman–Crippen MR) is 82.1 cm³/mol. The number of nitrogens with zero attached hydrogens (tertiary/aromatic N) is 1. The molecule has 0 bridgehead atoms. The standard InChI is InChI=1S/C13H17BrN2OS/c1-16(11-6-5-9(14)8-10(11)15)13(17)12-4-2-3-7-18-12/h5-6,8,12H,2-4,7,15H2,1H3. The van der Waals surface area contributed by atoms with Gasteiger partial charge in [-0.1, -0.05) is 22.4 Å². The van der Waals surface area contributed by atoms with Gasteiger partial charge in [0.1, 0.15) is 0 Å². The Morgan fingerprint density at radius 3 is 2.89 bits per heavy atom. The Kier molecular flexibility index (Phi) is 4.56. The van der Waals surface area contributed by atoms with Crippen molar-refractivity contribution in [1.29, 1.82) is 0 Å². The molecule has 1 atom stereocenters. The molecule has 0 radical (unpaired) electrons. The number of nitrogen functional groups attached to an aromatic ring is 1. The lowest BCUT2D eigenvalue weighted by molar-refractivity contribution is -0.118.